The van der Waals surface area contributed by atoms with Crippen LogP contribution in [0.1, 0.15) is 40.3 Å². The molecule has 20 heavy (non-hydrogen) atoms. The maximum absolute atomic E-state index is 12.5. The predicted molar refractivity (Wildman–Crippen MR) is 81.2 cm³/mol. The molecule has 1 aliphatic heterocycles. The number of carbonyl (C=O) groups is 1. The fourth-order valence-electron chi connectivity index (χ4n) is 2.51. The first-order valence-electron chi connectivity index (χ1n) is 6.81. The van der Waals surface area contributed by atoms with Crippen LogP contribution in [0.25, 0.3) is 0 Å². The lowest BCUT2D eigenvalue weighted by Gasteiger charge is -2.21. The summed E-state index contributed by atoms with van der Waals surface area (Å²) in [4.78, 5) is 16.7. The van der Waals surface area contributed by atoms with Gasteiger partial charge in [-0.3, -0.25) is 4.79 Å². The molecule has 1 atom stereocenters. The first-order valence-corrected chi connectivity index (χ1v) is 7.69. The van der Waals surface area contributed by atoms with Crippen molar-refractivity contribution in [3.8, 4) is 0 Å². The highest BCUT2D eigenvalue weighted by molar-refractivity contribution is 7.09. The molecule has 0 aliphatic carbocycles. The smallest absolute Gasteiger partial charge is 0.252 e. The SMILES string of the molecule is CC(NC(=O)c1cccc2c1CCCN2)c1nccs1. The van der Waals surface area contributed by atoms with Crippen molar-refractivity contribution >= 4 is 22.9 Å². The first-order chi connectivity index (χ1) is 9.75. The van der Waals surface area contributed by atoms with Crippen LogP contribution in [0.15, 0.2) is 29.8 Å². The summed E-state index contributed by atoms with van der Waals surface area (Å²) in [5, 5.41) is 9.23. The number of rotatable bonds is 3. The summed E-state index contributed by atoms with van der Waals surface area (Å²) in [6.45, 7) is 2.94. The van der Waals surface area contributed by atoms with Gasteiger partial charge in [-0.2, -0.15) is 0 Å². The third kappa shape index (κ3) is 2.54. The number of hydrogen-bond acceptors (Lipinski definition) is 4. The second kappa shape index (κ2) is 5.63. The molecule has 1 aliphatic rings. The normalized spacial score (nSPS) is 15.1. The molecule has 0 bridgehead atoms. The number of aromatic nitrogens is 1. The third-order valence-corrected chi connectivity index (χ3v) is 4.47. The van der Waals surface area contributed by atoms with Crippen molar-refractivity contribution in [3.63, 3.8) is 0 Å². The maximum atomic E-state index is 12.5. The molecule has 4 nitrogen and oxygen atoms in total. The highest BCUT2D eigenvalue weighted by atomic mass is 32.1. The van der Waals surface area contributed by atoms with Gasteiger partial charge in [0, 0.05) is 29.4 Å². The molecule has 3 rings (SSSR count). The van der Waals surface area contributed by atoms with E-state index in [0.717, 1.165) is 41.2 Å². The average Bonchev–Trinajstić information content (AvgIpc) is 3.01. The molecule has 5 heteroatoms. The van der Waals surface area contributed by atoms with Crippen molar-refractivity contribution < 1.29 is 4.79 Å². The Balaban J connectivity index is 1.81. The van der Waals surface area contributed by atoms with Crippen LogP contribution in [-0.2, 0) is 6.42 Å². The van der Waals surface area contributed by atoms with E-state index in [0.29, 0.717) is 0 Å². The van der Waals surface area contributed by atoms with Gasteiger partial charge in [0.25, 0.3) is 5.91 Å². The third-order valence-electron chi connectivity index (χ3n) is 3.51. The number of benzene rings is 1. The number of amides is 1. The van der Waals surface area contributed by atoms with Crippen molar-refractivity contribution in [1.29, 1.82) is 0 Å². The van der Waals surface area contributed by atoms with E-state index in [1.165, 1.54) is 0 Å². The summed E-state index contributed by atoms with van der Waals surface area (Å²) in [7, 11) is 0. The fourth-order valence-corrected chi connectivity index (χ4v) is 3.15. The van der Waals surface area contributed by atoms with E-state index in [4.69, 9.17) is 0 Å². The fraction of sp³-hybridized carbons (Fsp3) is 0.333. The highest BCUT2D eigenvalue weighted by Gasteiger charge is 2.19. The maximum Gasteiger partial charge on any atom is 0.252 e. The highest BCUT2D eigenvalue weighted by Crippen LogP contribution is 2.26. The van der Waals surface area contributed by atoms with Gasteiger partial charge in [0.05, 0.1) is 6.04 Å². The summed E-state index contributed by atoms with van der Waals surface area (Å²) in [6.07, 6.45) is 3.79. The largest absolute Gasteiger partial charge is 0.385 e. The summed E-state index contributed by atoms with van der Waals surface area (Å²) in [5.41, 5.74) is 2.99. The number of nitrogens with zero attached hydrogens (tertiary/aromatic N) is 1. The quantitative estimate of drug-likeness (QED) is 0.912. The second-order valence-corrected chi connectivity index (χ2v) is 5.85. The Morgan fingerprint density at radius 1 is 1.50 bits per heavy atom. The lowest BCUT2D eigenvalue weighted by Crippen LogP contribution is -2.28. The molecule has 0 spiro atoms. The van der Waals surface area contributed by atoms with Crippen molar-refractivity contribution in [3.05, 3.63) is 45.9 Å². The van der Waals surface area contributed by atoms with Gasteiger partial charge in [-0.15, -0.1) is 11.3 Å². The monoisotopic (exact) mass is 287 g/mol. The molecule has 2 N–H and O–H groups in total. The van der Waals surface area contributed by atoms with Gasteiger partial charge in [0.15, 0.2) is 0 Å². The van der Waals surface area contributed by atoms with Crippen LogP contribution in [0.3, 0.4) is 0 Å². The van der Waals surface area contributed by atoms with Gasteiger partial charge in [-0.1, -0.05) is 6.07 Å². The number of thiazole rings is 1. The van der Waals surface area contributed by atoms with E-state index in [-0.39, 0.29) is 11.9 Å². The minimum Gasteiger partial charge on any atom is -0.385 e. The van der Waals surface area contributed by atoms with E-state index in [9.17, 15) is 4.79 Å². The van der Waals surface area contributed by atoms with Gasteiger partial charge in [-0.05, 0) is 37.5 Å². The number of hydrogen-bond donors (Lipinski definition) is 2. The molecule has 1 unspecified atom stereocenters. The Bertz CT molecular complexity index is 610. The van der Waals surface area contributed by atoms with Gasteiger partial charge in [0.1, 0.15) is 5.01 Å². The Morgan fingerprint density at radius 3 is 3.20 bits per heavy atom. The number of fused-ring (bicyclic) bond motifs is 1. The number of nitrogens with one attached hydrogen (secondary N) is 2. The van der Waals surface area contributed by atoms with E-state index in [1.54, 1.807) is 17.5 Å². The molecule has 1 amide bonds. The molecule has 104 valence electrons. The molecule has 1 aromatic carbocycles. The van der Waals surface area contributed by atoms with E-state index in [1.807, 2.05) is 30.5 Å². The average molecular weight is 287 g/mol. The van der Waals surface area contributed by atoms with Gasteiger partial charge in [-0.25, -0.2) is 4.98 Å². The van der Waals surface area contributed by atoms with Crippen LogP contribution in [0.4, 0.5) is 5.69 Å². The Labute approximate surface area is 122 Å². The van der Waals surface area contributed by atoms with Crippen LogP contribution in [0.5, 0.6) is 0 Å². The van der Waals surface area contributed by atoms with Gasteiger partial charge < -0.3 is 10.6 Å². The second-order valence-electron chi connectivity index (χ2n) is 4.93. The van der Waals surface area contributed by atoms with Crippen LogP contribution in [0, 0.1) is 0 Å². The number of anilines is 1. The topological polar surface area (TPSA) is 54.0 Å². The molecule has 2 aromatic rings. The van der Waals surface area contributed by atoms with E-state index < -0.39 is 0 Å². The molecule has 0 fully saturated rings. The molecular weight excluding hydrogens is 270 g/mol. The van der Waals surface area contributed by atoms with Crippen molar-refractivity contribution in [2.75, 3.05) is 11.9 Å². The minimum absolute atomic E-state index is 0.0201. The van der Waals surface area contributed by atoms with Crippen LogP contribution >= 0.6 is 11.3 Å². The summed E-state index contributed by atoms with van der Waals surface area (Å²) in [5.74, 6) is -0.0201. The molecule has 0 saturated carbocycles. The summed E-state index contributed by atoms with van der Waals surface area (Å²) >= 11 is 1.56. The van der Waals surface area contributed by atoms with E-state index >= 15 is 0 Å². The zero-order valence-corrected chi connectivity index (χ0v) is 12.2. The molecule has 0 radical (unpaired) electrons. The minimum atomic E-state index is -0.0603. The Hall–Kier alpha value is -1.88. The first kappa shape index (κ1) is 13.1. The number of carbonyl (C=O) groups excluding carboxylic acids is 1. The molecular formula is C15H17N3OS. The zero-order chi connectivity index (χ0) is 13.9. The zero-order valence-electron chi connectivity index (χ0n) is 11.3. The van der Waals surface area contributed by atoms with Crippen LogP contribution in [0.2, 0.25) is 0 Å². The van der Waals surface area contributed by atoms with Gasteiger partial charge >= 0.3 is 0 Å². The van der Waals surface area contributed by atoms with Crippen molar-refractivity contribution in [2.24, 2.45) is 0 Å². The van der Waals surface area contributed by atoms with Crippen LogP contribution < -0.4 is 10.6 Å². The lowest BCUT2D eigenvalue weighted by atomic mass is 9.97. The van der Waals surface area contributed by atoms with Crippen molar-refractivity contribution in [1.82, 2.24) is 10.3 Å². The summed E-state index contributed by atoms with van der Waals surface area (Å²) in [6, 6.07) is 5.81. The van der Waals surface area contributed by atoms with Gasteiger partial charge in [0.2, 0.25) is 0 Å². The lowest BCUT2D eigenvalue weighted by molar-refractivity contribution is 0.0939. The molecule has 0 saturated heterocycles. The summed E-state index contributed by atoms with van der Waals surface area (Å²) < 4.78 is 0. The Kier molecular flexibility index (Phi) is 3.69. The molecule has 1 aromatic heterocycles. The van der Waals surface area contributed by atoms with Crippen LogP contribution in [-0.4, -0.2) is 17.4 Å². The predicted octanol–water partition coefficient (Wildman–Crippen LogP) is 2.99. The Morgan fingerprint density at radius 2 is 2.40 bits per heavy atom. The standard InChI is InChI=1S/C15H17N3OS/c1-10(15-17-8-9-20-15)18-14(19)12-4-2-6-13-11(12)5-3-7-16-13/h2,4,6,8-10,16H,3,5,7H2,1H3,(H,18,19). The van der Waals surface area contributed by atoms with Crippen molar-refractivity contribution in [2.45, 2.75) is 25.8 Å². The molecule has 2 heterocycles. The van der Waals surface area contributed by atoms with E-state index in [2.05, 4.69) is 15.6 Å².